The van der Waals surface area contributed by atoms with Crippen LogP contribution in [0, 0.1) is 32.1 Å². The Morgan fingerprint density at radius 3 is 2.20 bits per heavy atom. The van der Waals surface area contributed by atoms with Gasteiger partial charge >= 0.3 is 5.97 Å². The third kappa shape index (κ3) is 4.40. The van der Waals surface area contributed by atoms with E-state index in [0.717, 1.165) is 24.6 Å². The van der Waals surface area contributed by atoms with E-state index in [1.165, 1.54) is 5.57 Å². The molecule has 0 heterocycles. The van der Waals surface area contributed by atoms with Crippen LogP contribution < -0.4 is 0 Å². The molecular formula is C17H20N2O6. The molecule has 0 aromatic heterocycles. The van der Waals surface area contributed by atoms with Gasteiger partial charge in [-0.15, -0.1) is 0 Å². The molecule has 0 fully saturated rings. The Balaban J connectivity index is 2.24. The lowest BCUT2D eigenvalue weighted by Crippen LogP contribution is -2.29. The number of esters is 1. The average Bonchev–Trinajstić information content (AvgIpc) is 2.55. The Bertz CT molecular complexity index is 708. The number of allylic oxidation sites excluding steroid dienone is 1. The number of hydrogen-bond acceptors (Lipinski definition) is 6. The Morgan fingerprint density at radius 2 is 1.72 bits per heavy atom. The second-order valence-electron chi connectivity index (χ2n) is 6.55. The molecular weight excluding hydrogens is 328 g/mol. The van der Waals surface area contributed by atoms with E-state index in [9.17, 15) is 25.0 Å². The van der Waals surface area contributed by atoms with Gasteiger partial charge in [0.2, 0.25) is 0 Å². The lowest BCUT2D eigenvalue weighted by Gasteiger charge is -2.30. The molecule has 8 nitrogen and oxygen atoms in total. The molecule has 2 atom stereocenters. The van der Waals surface area contributed by atoms with Crippen LogP contribution >= 0.6 is 0 Å². The molecule has 25 heavy (non-hydrogen) atoms. The highest BCUT2D eigenvalue weighted by atomic mass is 16.6. The van der Waals surface area contributed by atoms with Gasteiger partial charge in [0.15, 0.2) is 0 Å². The molecule has 0 aliphatic heterocycles. The number of nitro groups is 2. The fourth-order valence-corrected chi connectivity index (χ4v) is 2.76. The minimum absolute atomic E-state index is 0.111. The van der Waals surface area contributed by atoms with Crippen molar-refractivity contribution in [3.63, 3.8) is 0 Å². The van der Waals surface area contributed by atoms with Gasteiger partial charge in [-0.05, 0) is 18.3 Å². The maximum absolute atomic E-state index is 12.4. The van der Waals surface area contributed by atoms with Gasteiger partial charge in [-0.2, -0.15) is 0 Å². The monoisotopic (exact) mass is 348 g/mol. The standard InChI is InChI=1S/C17H20N2O6/c1-10(2)12-5-4-11(3)16(8-12)25-17(20)13-6-14(18(21)22)9-15(7-13)19(23)24/h5-7,9-11,16H,4,8H2,1-3H3/t11-,16-/m0/s1. The molecule has 0 saturated carbocycles. The molecule has 1 aromatic rings. The van der Waals surface area contributed by atoms with Crippen LogP contribution in [0.4, 0.5) is 11.4 Å². The van der Waals surface area contributed by atoms with Gasteiger partial charge in [0.25, 0.3) is 11.4 Å². The van der Waals surface area contributed by atoms with Gasteiger partial charge in [0, 0.05) is 18.6 Å². The maximum atomic E-state index is 12.4. The number of carbonyl (C=O) groups is 1. The lowest BCUT2D eigenvalue weighted by atomic mass is 9.84. The van der Waals surface area contributed by atoms with E-state index >= 15 is 0 Å². The van der Waals surface area contributed by atoms with Gasteiger partial charge < -0.3 is 4.74 Å². The van der Waals surface area contributed by atoms with Crippen LogP contribution in [0.25, 0.3) is 0 Å². The van der Waals surface area contributed by atoms with Crippen molar-refractivity contribution >= 4 is 17.3 Å². The summed E-state index contributed by atoms with van der Waals surface area (Å²) in [5.41, 5.74) is -0.0177. The normalized spacial score (nSPS) is 20.1. The summed E-state index contributed by atoms with van der Waals surface area (Å²) in [6, 6.07) is 2.82. The van der Waals surface area contributed by atoms with Crippen LogP contribution in [-0.4, -0.2) is 21.9 Å². The summed E-state index contributed by atoms with van der Waals surface area (Å²) < 4.78 is 5.51. The molecule has 8 heteroatoms. The molecule has 1 aliphatic rings. The predicted molar refractivity (Wildman–Crippen MR) is 90.3 cm³/mol. The smallest absolute Gasteiger partial charge is 0.338 e. The zero-order chi connectivity index (χ0) is 18.7. The summed E-state index contributed by atoms with van der Waals surface area (Å²) in [6.45, 7) is 6.08. The van der Waals surface area contributed by atoms with Crippen molar-refractivity contribution < 1.29 is 19.4 Å². The Morgan fingerprint density at radius 1 is 1.16 bits per heavy atom. The fraction of sp³-hybridized carbons (Fsp3) is 0.471. The summed E-state index contributed by atoms with van der Waals surface area (Å²) in [5, 5.41) is 21.9. The molecule has 0 radical (unpaired) electrons. The third-order valence-electron chi connectivity index (χ3n) is 4.38. The van der Waals surface area contributed by atoms with Crippen LogP contribution in [0.3, 0.4) is 0 Å². The number of nitro benzene ring substituents is 2. The SMILES string of the molecule is CC(C)C1=CC[C@H](C)[C@@H](OC(=O)c2cc([N+](=O)[O-])cc([N+](=O)[O-])c2)C1. The fourth-order valence-electron chi connectivity index (χ4n) is 2.76. The van der Waals surface area contributed by atoms with Gasteiger partial charge in [0.1, 0.15) is 6.10 Å². The first kappa shape index (κ1) is 18.6. The molecule has 0 unspecified atom stereocenters. The molecule has 1 aliphatic carbocycles. The first-order chi connectivity index (χ1) is 11.7. The van der Waals surface area contributed by atoms with Gasteiger partial charge in [-0.1, -0.05) is 32.4 Å². The Hall–Kier alpha value is -2.77. The van der Waals surface area contributed by atoms with Crippen molar-refractivity contribution in [1.29, 1.82) is 0 Å². The van der Waals surface area contributed by atoms with Crippen molar-refractivity contribution in [2.75, 3.05) is 0 Å². The van der Waals surface area contributed by atoms with Crippen molar-refractivity contribution in [3.05, 3.63) is 55.6 Å². The van der Waals surface area contributed by atoms with Gasteiger partial charge in [-0.3, -0.25) is 20.2 Å². The number of rotatable bonds is 5. The molecule has 0 N–H and O–H groups in total. The first-order valence-electron chi connectivity index (χ1n) is 8.02. The predicted octanol–water partition coefficient (Wildman–Crippen LogP) is 4.04. The van der Waals surface area contributed by atoms with E-state index in [1.54, 1.807) is 0 Å². The van der Waals surface area contributed by atoms with E-state index in [1.807, 2.05) is 6.92 Å². The highest BCUT2D eigenvalue weighted by Crippen LogP contribution is 2.31. The highest BCUT2D eigenvalue weighted by Gasteiger charge is 2.29. The highest BCUT2D eigenvalue weighted by molar-refractivity contribution is 5.91. The van der Waals surface area contributed by atoms with Crippen molar-refractivity contribution in [1.82, 2.24) is 0 Å². The maximum Gasteiger partial charge on any atom is 0.338 e. The zero-order valence-electron chi connectivity index (χ0n) is 14.3. The number of carbonyl (C=O) groups excluding carboxylic acids is 1. The van der Waals surface area contributed by atoms with Crippen LogP contribution in [0.1, 0.15) is 44.0 Å². The summed E-state index contributed by atoms with van der Waals surface area (Å²) >= 11 is 0. The number of nitrogens with zero attached hydrogens (tertiary/aromatic N) is 2. The molecule has 1 aromatic carbocycles. The van der Waals surface area contributed by atoms with Crippen molar-refractivity contribution in [3.8, 4) is 0 Å². The summed E-state index contributed by atoms with van der Waals surface area (Å²) in [6.07, 6.45) is 3.17. The summed E-state index contributed by atoms with van der Waals surface area (Å²) in [4.78, 5) is 32.7. The van der Waals surface area contributed by atoms with E-state index in [-0.39, 0.29) is 17.6 Å². The molecule has 134 valence electrons. The van der Waals surface area contributed by atoms with E-state index < -0.39 is 27.2 Å². The minimum atomic E-state index is -0.784. The number of benzene rings is 1. The van der Waals surface area contributed by atoms with Crippen molar-refractivity contribution in [2.24, 2.45) is 11.8 Å². The molecule has 0 saturated heterocycles. The minimum Gasteiger partial charge on any atom is -0.458 e. The largest absolute Gasteiger partial charge is 0.458 e. The van der Waals surface area contributed by atoms with Crippen LogP contribution in [0.15, 0.2) is 29.8 Å². The topological polar surface area (TPSA) is 113 Å². The first-order valence-corrected chi connectivity index (χ1v) is 8.02. The lowest BCUT2D eigenvalue weighted by molar-refractivity contribution is -0.394. The average molecular weight is 348 g/mol. The van der Waals surface area contributed by atoms with E-state index in [2.05, 4.69) is 19.9 Å². The molecule has 0 spiro atoms. The van der Waals surface area contributed by atoms with Crippen LogP contribution in [0.5, 0.6) is 0 Å². The van der Waals surface area contributed by atoms with E-state index in [4.69, 9.17) is 4.74 Å². The number of ether oxygens (including phenoxy) is 1. The number of hydrogen-bond donors (Lipinski definition) is 0. The van der Waals surface area contributed by atoms with Crippen LogP contribution in [0.2, 0.25) is 0 Å². The molecule has 0 amide bonds. The zero-order valence-corrected chi connectivity index (χ0v) is 14.3. The molecule has 0 bridgehead atoms. The quantitative estimate of drug-likeness (QED) is 0.343. The van der Waals surface area contributed by atoms with Crippen molar-refractivity contribution in [2.45, 2.75) is 39.7 Å². The third-order valence-corrected chi connectivity index (χ3v) is 4.38. The summed E-state index contributed by atoms with van der Waals surface area (Å²) in [5.74, 6) is -0.332. The van der Waals surface area contributed by atoms with E-state index in [0.29, 0.717) is 12.3 Å². The second-order valence-corrected chi connectivity index (χ2v) is 6.55. The molecule has 2 rings (SSSR count). The van der Waals surface area contributed by atoms with Gasteiger partial charge in [0.05, 0.1) is 21.5 Å². The Kier molecular flexibility index (Phi) is 5.51. The Labute approximate surface area is 144 Å². The number of non-ortho nitro benzene ring substituents is 2. The van der Waals surface area contributed by atoms with Crippen LogP contribution in [-0.2, 0) is 4.74 Å². The summed E-state index contributed by atoms with van der Waals surface area (Å²) in [7, 11) is 0. The second kappa shape index (κ2) is 7.42. The van der Waals surface area contributed by atoms with Gasteiger partial charge in [-0.25, -0.2) is 4.79 Å².